The van der Waals surface area contributed by atoms with Crippen molar-refractivity contribution in [3.63, 3.8) is 0 Å². The summed E-state index contributed by atoms with van der Waals surface area (Å²) in [5.74, 6) is -0.250. The molecule has 3 aromatic rings. The third kappa shape index (κ3) is 7.23. The van der Waals surface area contributed by atoms with Gasteiger partial charge >= 0.3 is 5.97 Å². The van der Waals surface area contributed by atoms with Crippen molar-refractivity contribution >= 4 is 45.2 Å². The molecule has 0 aliphatic heterocycles. The highest BCUT2D eigenvalue weighted by Gasteiger charge is 2.09. The second kappa shape index (κ2) is 11.3. The number of ether oxygens (including phenoxy) is 2. The molecular formula is C23H19BrClN3O5. The van der Waals surface area contributed by atoms with Gasteiger partial charge in [0.15, 0.2) is 12.4 Å². The van der Waals surface area contributed by atoms with E-state index in [0.29, 0.717) is 27.6 Å². The van der Waals surface area contributed by atoms with Crippen molar-refractivity contribution in [2.45, 2.75) is 6.61 Å². The quantitative estimate of drug-likeness (QED) is 0.185. The van der Waals surface area contributed by atoms with E-state index in [9.17, 15) is 9.59 Å². The number of halogens is 2. The smallest absolute Gasteiger partial charge is 0.365 e. The van der Waals surface area contributed by atoms with Crippen LogP contribution >= 0.6 is 27.5 Å². The van der Waals surface area contributed by atoms with Gasteiger partial charge in [-0.25, -0.2) is 4.79 Å². The second-order valence-electron chi connectivity index (χ2n) is 6.69. The van der Waals surface area contributed by atoms with Crippen LogP contribution in [0.3, 0.4) is 0 Å². The monoisotopic (exact) mass is 531 g/mol. The number of nitrogens with two attached hydrogens (primary N) is 2. The molecule has 0 atom stereocenters. The van der Waals surface area contributed by atoms with Crippen molar-refractivity contribution in [3.8, 4) is 11.5 Å². The van der Waals surface area contributed by atoms with Gasteiger partial charge in [0.2, 0.25) is 0 Å². The first-order valence-electron chi connectivity index (χ1n) is 9.55. The zero-order valence-electron chi connectivity index (χ0n) is 17.2. The summed E-state index contributed by atoms with van der Waals surface area (Å²) < 4.78 is 11.7. The van der Waals surface area contributed by atoms with E-state index in [2.05, 4.69) is 21.1 Å². The Balaban J connectivity index is 1.54. The SMILES string of the molecule is NC(=O)COc1ccc(/C(N)=N/OC(=O)c2ccc(COc3ccc(Br)cc3Cl)cc2)cc1. The fraction of sp³-hybridized carbons (Fsp3) is 0.0870. The molecule has 0 fully saturated rings. The number of hydrogen-bond acceptors (Lipinski definition) is 6. The number of oxime groups is 1. The molecule has 170 valence electrons. The lowest BCUT2D eigenvalue weighted by Gasteiger charge is -2.09. The van der Waals surface area contributed by atoms with Gasteiger partial charge in [-0.15, -0.1) is 0 Å². The van der Waals surface area contributed by atoms with E-state index in [0.717, 1.165) is 10.0 Å². The Labute approximate surface area is 203 Å². The number of carbonyl (C=O) groups excluding carboxylic acids is 2. The first kappa shape index (κ1) is 24.1. The lowest BCUT2D eigenvalue weighted by molar-refractivity contribution is -0.119. The zero-order valence-corrected chi connectivity index (χ0v) is 19.5. The average molecular weight is 533 g/mol. The molecule has 0 heterocycles. The standard InChI is InChI=1S/C23H19BrClN3O5/c24-17-7-10-20(19(25)11-17)32-12-14-1-3-16(4-2-14)23(30)33-28-22(27)15-5-8-18(9-6-15)31-13-21(26)29/h1-11H,12-13H2,(H2,26,29)(H2,27,28). The largest absolute Gasteiger partial charge is 0.487 e. The molecule has 0 bridgehead atoms. The van der Waals surface area contributed by atoms with Gasteiger partial charge in [-0.1, -0.05) is 44.8 Å². The lowest BCUT2D eigenvalue weighted by atomic mass is 10.1. The van der Waals surface area contributed by atoms with Crippen LogP contribution in [0.1, 0.15) is 21.5 Å². The van der Waals surface area contributed by atoms with Gasteiger partial charge in [0.25, 0.3) is 5.91 Å². The third-order valence-electron chi connectivity index (χ3n) is 4.24. The Hall–Kier alpha value is -3.56. The summed E-state index contributed by atoms with van der Waals surface area (Å²) in [6.07, 6.45) is 0. The number of primary amides is 1. The summed E-state index contributed by atoms with van der Waals surface area (Å²) in [4.78, 5) is 27.9. The molecule has 1 amide bonds. The van der Waals surface area contributed by atoms with Crippen LogP contribution in [0.4, 0.5) is 0 Å². The fourth-order valence-corrected chi connectivity index (χ4v) is 3.29. The van der Waals surface area contributed by atoms with Crippen molar-refractivity contribution in [1.82, 2.24) is 0 Å². The fourth-order valence-electron chi connectivity index (χ4n) is 2.56. The van der Waals surface area contributed by atoms with Crippen molar-refractivity contribution < 1.29 is 23.9 Å². The van der Waals surface area contributed by atoms with E-state index < -0.39 is 11.9 Å². The molecule has 0 aromatic heterocycles. The molecule has 0 spiro atoms. The van der Waals surface area contributed by atoms with Crippen LogP contribution in [0.5, 0.6) is 11.5 Å². The highest BCUT2D eigenvalue weighted by atomic mass is 79.9. The normalized spacial score (nSPS) is 11.0. The van der Waals surface area contributed by atoms with E-state index in [1.165, 1.54) is 0 Å². The number of hydrogen-bond donors (Lipinski definition) is 2. The van der Waals surface area contributed by atoms with Crippen LogP contribution in [0.25, 0.3) is 0 Å². The van der Waals surface area contributed by atoms with Gasteiger partial charge in [-0.2, -0.15) is 0 Å². The lowest BCUT2D eigenvalue weighted by Crippen LogP contribution is -2.20. The number of amidine groups is 1. The topological polar surface area (TPSA) is 126 Å². The number of benzene rings is 3. The number of rotatable bonds is 9. The minimum absolute atomic E-state index is 0.00111. The highest BCUT2D eigenvalue weighted by Crippen LogP contribution is 2.28. The van der Waals surface area contributed by atoms with E-state index in [-0.39, 0.29) is 19.0 Å². The maximum absolute atomic E-state index is 12.2. The molecule has 4 N–H and O–H groups in total. The molecule has 0 aliphatic rings. The van der Waals surface area contributed by atoms with Crippen LogP contribution in [-0.2, 0) is 16.2 Å². The summed E-state index contributed by atoms with van der Waals surface area (Å²) in [7, 11) is 0. The first-order chi connectivity index (χ1) is 15.8. The van der Waals surface area contributed by atoms with Crippen molar-refractivity contribution in [2.24, 2.45) is 16.6 Å². The van der Waals surface area contributed by atoms with Crippen LogP contribution in [0, 0.1) is 0 Å². The molecule has 10 heteroatoms. The van der Waals surface area contributed by atoms with Gasteiger partial charge in [-0.05, 0) is 60.2 Å². The molecule has 0 radical (unpaired) electrons. The molecule has 33 heavy (non-hydrogen) atoms. The van der Waals surface area contributed by atoms with E-state index in [1.54, 1.807) is 60.7 Å². The molecule has 3 rings (SSSR count). The molecular weight excluding hydrogens is 514 g/mol. The average Bonchev–Trinajstić information content (AvgIpc) is 2.81. The van der Waals surface area contributed by atoms with Crippen molar-refractivity contribution in [2.75, 3.05) is 6.61 Å². The third-order valence-corrected chi connectivity index (χ3v) is 5.02. The summed E-state index contributed by atoms with van der Waals surface area (Å²) in [5.41, 5.74) is 12.5. The molecule has 0 saturated heterocycles. The van der Waals surface area contributed by atoms with Gasteiger partial charge in [0, 0.05) is 10.0 Å². The van der Waals surface area contributed by atoms with Crippen LogP contribution in [-0.4, -0.2) is 24.3 Å². The Bertz CT molecular complexity index is 1170. The maximum Gasteiger partial charge on any atom is 0.365 e. The van der Waals surface area contributed by atoms with Crippen molar-refractivity contribution in [1.29, 1.82) is 0 Å². The number of amides is 1. The maximum atomic E-state index is 12.2. The first-order valence-corrected chi connectivity index (χ1v) is 10.7. The van der Waals surface area contributed by atoms with Gasteiger partial charge in [-0.3, -0.25) is 4.79 Å². The second-order valence-corrected chi connectivity index (χ2v) is 8.02. The summed E-state index contributed by atoms with van der Waals surface area (Å²) in [5, 5.41) is 4.17. The summed E-state index contributed by atoms with van der Waals surface area (Å²) in [6.45, 7) is 0.0460. The highest BCUT2D eigenvalue weighted by molar-refractivity contribution is 9.10. The van der Waals surface area contributed by atoms with E-state index in [4.69, 9.17) is 37.4 Å². The van der Waals surface area contributed by atoms with Gasteiger partial charge in [0.05, 0.1) is 10.6 Å². The predicted molar refractivity (Wildman–Crippen MR) is 127 cm³/mol. The Morgan fingerprint density at radius 1 is 0.909 bits per heavy atom. The minimum Gasteiger partial charge on any atom is -0.487 e. The van der Waals surface area contributed by atoms with E-state index in [1.807, 2.05) is 6.07 Å². The molecule has 0 aliphatic carbocycles. The number of nitrogens with zero attached hydrogens (tertiary/aromatic N) is 1. The van der Waals surface area contributed by atoms with Crippen LogP contribution in [0.15, 0.2) is 76.4 Å². The minimum atomic E-state index is -0.664. The van der Waals surface area contributed by atoms with Gasteiger partial charge < -0.3 is 25.8 Å². The predicted octanol–water partition coefficient (Wildman–Crippen LogP) is 4.02. The van der Waals surface area contributed by atoms with Crippen LogP contribution in [0.2, 0.25) is 5.02 Å². The van der Waals surface area contributed by atoms with Crippen molar-refractivity contribution in [3.05, 3.63) is 92.9 Å². The Morgan fingerprint density at radius 3 is 2.21 bits per heavy atom. The Kier molecular flexibility index (Phi) is 8.28. The van der Waals surface area contributed by atoms with Gasteiger partial charge in [0.1, 0.15) is 18.1 Å². The molecule has 0 unspecified atom stereocenters. The molecule has 8 nitrogen and oxygen atoms in total. The van der Waals surface area contributed by atoms with Crippen LogP contribution < -0.4 is 20.9 Å². The molecule has 3 aromatic carbocycles. The van der Waals surface area contributed by atoms with E-state index >= 15 is 0 Å². The molecule has 0 saturated carbocycles. The zero-order chi connectivity index (χ0) is 23.8. The summed E-state index contributed by atoms with van der Waals surface area (Å²) in [6, 6.07) is 18.4. The number of carbonyl (C=O) groups is 2. The summed E-state index contributed by atoms with van der Waals surface area (Å²) >= 11 is 9.48. The Morgan fingerprint density at radius 2 is 1.58 bits per heavy atom.